The van der Waals surface area contributed by atoms with Crippen LogP contribution in [0, 0.1) is 38.5 Å². The number of aliphatic hydroxyl groups is 1. The van der Waals surface area contributed by atoms with E-state index < -0.39 is 6.10 Å². The largest absolute Gasteiger partial charge is 0.490 e. The van der Waals surface area contributed by atoms with Crippen molar-refractivity contribution in [1.29, 1.82) is 0 Å². The highest BCUT2D eigenvalue weighted by Gasteiger charge is 2.50. The lowest BCUT2D eigenvalue weighted by Gasteiger charge is -2.57. The number of aliphatic hydroxyl groups excluding tert-OH is 1. The van der Waals surface area contributed by atoms with Crippen LogP contribution in [0.1, 0.15) is 55.2 Å². The standard InChI is InChI=1S/C22H33NO2/c1-14-4-15(2)21(16(3)5-14)25-13-20(24)12-23-22-9-17-6-18(10-22)8-19(7-17)11-22/h4-5,17-20,23-24H,6-13H2,1-3H3. The average Bonchev–Trinajstić information content (AvgIpc) is 2.50. The molecule has 4 aliphatic carbocycles. The summed E-state index contributed by atoms with van der Waals surface area (Å²) < 4.78 is 5.97. The molecule has 1 aromatic carbocycles. The van der Waals surface area contributed by atoms with E-state index in [0.29, 0.717) is 18.7 Å². The number of ether oxygens (including phenoxy) is 1. The van der Waals surface area contributed by atoms with Gasteiger partial charge >= 0.3 is 0 Å². The van der Waals surface area contributed by atoms with E-state index in [2.05, 4.69) is 38.2 Å². The molecule has 0 heterocycles. The summed E-state index contributed by atoms with van der Waals surface area (Å²) in [5.41, 5.74) is 3.87. The van der Waals surface area contributed by atoms with Gasteiger partial charge in [-0.15, -0.1) is 0 Å². The van der Waals surface area contributed by atoms with E-state index >= 15 is 0 Å². The van der Waals surface area contributed by atoms with E-state index in [1.807, 2.05) is 0 Å². The predicted octanol–water partition coefficient (Wildman–Crippen LogP) is 3.91. The zero-order valence-corrected chi connectivity index (χ0v) is 16.0. The van der Waals surface area contributed by atoms with Crippen molar-refractivity contribution in [1.82, 2.24) is 5.32 Å². The minimum Gasteiger partial charge on any atom is -0.490 e. The van der Waals surface area contributed by atoms with Gasteiger partial charge in [0.1, 0.15) is 18.5 Å². The molecule has 4 fully saturated rings. The van der Waals surface area contributed by atoms with Crippen LogP contribution >= 0.6 is 0 Å². The van der Waals surface area contributed by atoms with E-state index in [4.69, 9.17) is 4.74 Å². The maximum absolute atomic E-state index is 10.5. The second kappa shape index (κ2) is 6.59. The first-order valence-electron chi connectivity index (χ1n) is 10.1. The van der Waals surface area contributed by atoms with Gasteiger partial charge in [-0.1, -0.05) is 17.7 Å². The van der Waals surface area contributed by atoms with E-state index in [-0.39, 0.29) is 0 Å². The molecule has 25 heavy (non-hydrogen) atoms. The van der Waals surface area contributed by atoms with Crippen LogP contribution in [0.3, 0.4) is 0 Å². The molecule has 1 aromatic rings. The highest BCUT2D eigenvalue weighted by molar-refractivity contribution is 5.42. The molecule has 4 aliphatic rings. The minimum atomic E-state index is -0.451. The predicted molar refractivity (Wildman–Crippen MR) is 101 cm³/mol. The Kier molecular flexibility index (Phi) is 4.57. The van der Waals surface area contributed by atoms with Crippen LogP contribution in [0.2, 0.25) is 0 Å². The molecule has 0 spiro atoms. The highest BCUT2D eigenvalue weighted by Crippen LogP contribution is 2.55. The number of hydrogen-bond donors (Lipinski definition) is 2. The molecule has 0 saturated heterocycles. The molecule has 4 saturated carbocycles. The molecule has 0 amide bonds. The third-order valence-electron chi connectivity index (χ3n) is 6.78. The first kappa shape index (κ1) is 17.4. The first-order chi connectivity index (χ1) is 11.9. The third kappa shape index (κ3) is 3.59. The summed E-state index contributed by atoms with van der Waals surface area (Å²) in [4.78, 5) is 0. The fraction of sp³-hybridized carbons (Fsp3) is 0.727. The van der Waals surface area contributed by atoms with Gasteiger partial charge in [0.05, 0.1) is 0 Å². The Hall–Kier alpha value is -1.06. The fourth-order valence-electron chi connectivity index (χ4n) is 6.29. The van der Waals surface area contributed by atoms with Crippen molar-refractivity contribution in [3.8, 4) is 5.75 Å². The third-order valence-corrected chi connectivity index (χ3v) is 6.78. The van der Waals surface area contributed by atoms with Crippen LogP contribution in [0.5, 0.6) is 5.75 Å². The Morgan fingerprint density at radius 2 is 1.56 bits per heavy atom. The molecule has 0 radical (unpaired) electrons. The summed E-state index contributed by atoms with van der Waals surface area (Å²) >= 11 is 0. The zero-order valence-electron chi connectivity index (χ0n) is 16.0. The second-order valence-corrected chi connectivity index (χ2v) is 9.27. The van der Waals surface area contributed by atoms with Gasteiger partial charge in [-0.2, -0.15) is 0 Å². The molecule has 1 atom stereocenters. The summed E-state index contributed by atoms with van der Waals surface area (Å²) in [6.45, 7) is 7.28. The molecule has 0 aliphatic heterocycles. The molecule has 4 bridgehead atoms. The van der Waals surface area contributed by atoms with E-state index in [0.717, 1.165) is 34.6 Å². The zero-order chi connectivity index (χ0) is 17.6. The van der Waals surface area contributed by atoms with Gasteiger partial charge < -0.3 is 15.2 Å². The summed E-state index contributed by atoms with van der Waals surface area (Å²) in [6, 6.07) is 4.28. The van der Waals surface area contributed by atoms with E-state index in [1.54, 1.807) is 0 Å². The lowest BCUT2D eigenvalue weighted by molar-refractivity contribution is -0.0267. The molecule has 138 valence electrons. The van der Waals surface area contributed by atoms with Crippen molar-refractivity contribution in [2.45, 2.75) is 70.9 Å². The van der Waals surface area contributed by atoms with Crippen LogP contribution in [0.4, 0.5) is 0 Å². The number of rotatable bonds is 6. The Morgan fingerprint density at radius 1 is 1.04 bits per heavy atom. The molecule has 2 N–H and O–H groups in total. The Morgan fingerprint density at radius 3 is 2.08 bits per heavy atom. The Labute approximate surface area is 152 Å². The molecular weight excluding hydrogens is 310 g/mol. The van der Waals surface area contributed by atoms with Crippen molar-refractivity contribution in [3.05, 3.63) is 28.8 Å². The Balaban J connectivity index is 1.31. The van der Waals surface area contributed by atoms with Gasteiger partial charge in [0.25, 0.3) is 0 Å². The maximum Gasteiger partial charge on any atom is 0.125 e. The lowest BCUT2D eigenvalue weighted by Crippen LogP contribution is -2.59. The quantitative estimate of drug-likeness (QED) is 0.823. The smallest absolute Gasteiger partial charge is 0.125 e. The topological polar surface area (TPSA) is 41.5 Å². The van der Waals surface area contributed by atoms with Gasteiger partial charge in [-0.3, -0.25) is 0 Å². The van der Waals surface area contributed by atoms with Crippen molar-refractivity contribution in [2.24, 2.45) is 17.8 Å². The van der Waals surface area contributed by atoms with Crippen LogP contribution < -0.4 is 10.1 Å². The number of β-amino-alcohol motifs (C(OH)–C–C–N with tert-alkyl or cyclic N) is 1. The van der Waals surface area contributed by atoms with E-state index in [9.17, 15) is 5.11 Å². The van der Waals surface area contributed by atoms with Crippen molar-refractivity contribution >= 4 is 0 Å². The van der Waals surface area contributed by atoms with Crippen molar-refractivity contribution in [3.63, 3.8) is 0 Å². The summed E-state index contributed by atoms with van der Waals surface area (Å²) in [6.07, 6.45) is 7.89. The summed E-state index contributed by atoms with van der Waals surface area (Å²) in [5, 5.41) is 14.2. The maximum atomic E-state index is 10.5. The van der Waals surface area contributed by atoms with Gasteiger partial charge in [0.15, 0.2) is 0 Å². The van der Waals surface area contributed by atoms with Gasteiger partial charge in [0.2, 0.25) is 0 Å². The highest BCUT2D eigenvalue weighted by atomic mass is 16.5. The van der Waals surface area contributed by atoms with Crippen molar-refractivity contribution in [2.75, 3.05) is 13.2 Å². The molecular formula is C22H33NO2. The van der Waals surface area contributed by atoms with Crippen LogP contribution in [0.25, 0.3) is 0 Å². The van der Waals surface area contributed by atoms with Gasteiger partial charge in [-0.05, 0) is 88.2 Å². The van der Waals surface area contributed by atoms with Crippen LogP contribution in [-0.4, -0.2) is 29.9 Å². The summed E-state index contributed by atoms with van der Waals surface area (Å²) in [5.74, 6) is 3.74. The number of nitrogens with one attached hydrogen (secondary N) is 1. The minimum absolute atomic E-state index is 0.311. The molecule has 1 unspecified atom stereocenters. The molecule has 0 aromatic heterocycles. The first-order valence-corrected chi connectivity index (χ1v) is 10.1. The number of benzene rings is 1. The van der Waals surface area contributed by atoms with Gasteiger partial charge in [-0.25, -0.2) is 0 Å². The van der Waals surface area contributed by atoms with Crippen LogP contribution in [-0.2, 0) is 0 Å². The second-order valence-electron chi connectivity index (χ2n) is 9.27. The number of aryl methyl sites for hydroxylation is 3. The lowest BCUT2D eigenvalue weighted by atomic mass is 9.53. The molecule has 3 heteroatoms. The monoisotopic (exact) mass is 343 g/mol. The average molecular weight is 344 g/mol. The van der Waals surface area contributed by atoms with Crippen LogP contribution in [0.15, 0.2) is 12.1 Å². The fourth-order valence-corrected chi connectivity index (χ4v) is 6.29. The van der Waals surface area contributed by atoms with Gasteiger partial charge in [0, 0.05) is 12.1 Å². The Bertz CT molecular complexity index is 581. The molecule has 5 rings (SSSR count). The summed E-state index contributed by atoms with van der Waals surface area (Å²) in [7, 11) is 0. The molecule has 3 nitrogen and oxygen atoms in total. The van der Waals surface area contributed by atoms with Crippen molar-refractivity contribution < 1.29 is 9.84 Å². The SMILES string of the molecule is Cc1cc(C)c(OCC(O)CNC23CC4CC(CC(C4)C2)C3)c(C)c1. The number of hydrogen-bond acceptors (Lipinski definition) is 3. The van der Waals surface area contributed by atoms with E-state index in [1.165, 1.54) is 44.1 Å². The normalized spacial score (nSPS) is 34.3.